The van der Waals surface area contributed by atoms with Crippen molar-refractivity contribution in [2.75, 3.05) is 38.3 Å². The number of nitrogens with zero attached hydrogens (tertiary/aromatic N) is 2. The zero-order chi connectivity index (χ0) is 20.3. The van der Waals surface area contributed by atoms with Gasteiger partial charge in [0.1, 0.15) is 0 Å². The van der Waals surface area contributed by atoms with E-state index in [4.69, 9.17) is 9.47 Å². The molecule has 0 bridgehead atoms. The van der Waals surface area contributed by atoms with Crippen LogP contribution in [0.3, 0.4) is 0 Å². The van der Waals surface area contributed by atoms with Crippen LogP contribution in [0.5, 0.6) is 11.5 Å². The van der Waals surface area contributed by atoms with Crippen molar-refractivity contribution >= 4 is 15.7 Å². The van der Waals surface area contributed by atoms with E-state index < -0.39 is 10.0 Å². The smallest absolute Gasteiger partial charge is 0.243 e. The normalized spacial score (nSPS) is 17.2. The maximum absolute atomic E-state index is 13.2. The van der Waals surface area contributed by atoms with Crippen molar-refractivity contribution in [1.29, 1.82) is 0 Å². The number of hydrogen-bond donors (Lipinski definition) is 0. The van der Waals surface area contributed by atoms with E-state index in [9.17, 15) is 8.42 Å². The molecule has 0 spiro atoms. The Balaban J connectivity index is 1.57. The lowest BCUT2D eigenvalue weighted by atomic mass is 10.1. The third kappa shape index (κ3) is 4.36. The van der Waals surface area contributed by atoms with E-state index in [1.165, 1.54) is 23.6 Å². The lowest BCUT2D eigenvalue weighted by Crippen LogP contribution is -2.32. The molecule has 0 unspecified atom stereocenters. The van der Waals surface area contributed by atoms with Gasteiger partial charge in [-0.05, 0) is 43.0 Å². The summed E-state index contributed by atoms with van der Waals surface area (Å²) in [5, 5.41) is 0. The molecule has 2 aromatic rings. The number of ether oxygens (including phenoxy) is 2. The van der Waals surface area contributed by atoms with Crippen molar-refractivity contribution in [1.82, 2.24) is 4.31 Å². The number of sulfonamides is 1. The molecule has 1 fully saturated rings. The van der Waals surface area contributed by atoms with Crippen LogP contribution in [0.25, 0.3) is 0 Å². The first-order chi connectivity index (χ1) is 14.1. The average molecular weight is 417 g/mol. The molecule has 0 atom stereocenters. The Labute approximate surface area is 173 Å². The van der Waals surface area contributed by atoms with E-state index in [0.717, 1.165) is 30.8 Å². The van der Waals surface area contributed by atoms with Crippen LogP contribution < -0.4 is 14.4 Å². The van der Waals surface area contributed by atoms with E-state index >= 15 is 0 Å². The topological polar surface area (TPSA) is 59.1 Å². The second-order valence-electron chi connectivity index (χ2n) is 7.60. The van der Waals surface area contributed by atoms with Crippen LogP contribution in [0.15, 0.2) is 47.4 Å². The Hall–Kier alpha value is -2.25. The fraction of sp³-hybridized carbons (Fsp3) is 0.455. The van der Waals surface area contributed by atoms with E-state index in [0.29, 0.717) is 31.3 Å². The summed E-state index contributed by atoms with van der Waals surface area (Å²) in [7, 11) is -2.02. The van der Waals surface area contributed by atoms with E-state index in [-0.39, 0.29) is 4.90 Å². The molecule has 0 amide bonds. The second kappa shape index (κ2) is 8.63. The minimum Gasteiger partial charge on any atom is -0.490 e. The summed E-state index contributed by atoms with van der Waals surface area (Å²) in [4.78, 5) is 2.59. The lowest BCUT2D eigenvalue weighted by molar-refractivity contribution is 0.297. The van der Waals surface area contributed by atoms with Gasteiger partial charge in [0.25, 0.3) is 0 Å². The predicted molar refractivity (Wildman–Crippen MR) is 113 cm³/mol. The second-order valence-corrected chi connectivity index (χ2v) is 9.64. The highest BCUT2D eigenvalue weighted by molar-refractivity contribution is 7.89. The van der Waals surface area contributed by atoms with E-state index in [2.05, 4.69) is 11.0 Å². The standard InChI is InChI=1S/C22H28N2O4S/c1-23(17-18-8-3-4-9-20(18)24-12-5-2-6-13-24)29(25,26)19-10-11-21-22(16-19)28-15-7-14-27-21/h3-4,8-11,16H,2,5-7,12-15,17H2,1H3. The highest BCUT2D eigenvalue weighted by atomic mass is 32.2. The Bertz CT molecular complexity index is 955. The number of hydrogen-bond acceptors (Lipinski definition) is 5. The van der Waals surface area contributed by atoms with Crippen molar-refractivity contribution in [3.05, 3.63) is 48.0 Å². The molecular formula is C22H28N2O4S. The minimum atomic E-state index is -3.65. The molecule has 7 heteroatoms. The molecule has 0 N–H and O–H groups in total. The molecule has 156 valence electrons. The SMILES string of the molecule is CN(Cc1ccccc1N1CCCCC1)S(=O)(=O)c1ccc2c(c1)OCCCO2. The first-order valence-electron chi connectivity index (χ1n) is 10.2. The number of rotatable bonds is 5. The highest BCUT2D eigenvalue weighted by Gasteiger charge is 2.25. The van der Waals surface area contributed by atoms with E-state index in [1.807, 2.05) is 18.2 Å². The molecule has 1 saturated heterocycles. The Morgan fingerprint density at radius 2 is 1.66 bits per heavy atom. The van der Waals surface area contributed by atoms with Gasteiger partial charge in [-0.3, -0.25) is 0 Å². The van der Waals surface area contributed by atoms with Crippen molar-refractivity contribution < 1.29 is 17.9 Å². The number of fused-ring (bicyclic) bond motifs is 1. The molecule has 2 aliphatic heterocycles. The highest BCUT2D eigenvalue weighted by Crippen LogP contribution is 2.33. The van der Waals surface area contributed by atoms with Gasteiger partial charge in [-0.25, -0.2) is 8.42 Å². The van der Waals surface area contributed by atoms with Crippen LogP contribution in [0, 0.1) is 0 Å². The molecule has 0 saturated carbocycles. The molecular weight excluding hydrogens is 388 g/mol. The summed E-state index contributed by atoms with van der Waals surface area (Å²) < 4.78 is 39.1. The van der Waals surface area contributed by atoms with Crippen LogP contribution in [0.2, 0.25) is 0 Å². The van der Waals surface area contributed by atoms with Gasteiger partial charge in [-0.1, -0.05) is 18.2 Å². The maximum Gasteiger partial charge on any atom is 0.243 e. The molecule has 6 nitrogen and oxygen atoms in total. The van der Waals surface area contributed by atoms with Crippen LogP contribution in [-0.4, -0.2) is 46.1 Å². The summed E-state index contributed by atoms with van der Waals surface area (Å²) >= 11 is 0. The largest absolute Gasteiger partial charge is 0.490 e. The third-order valence-electron chi connectivity index (χ3n) is 5.51. The zero-order valence-corrected chi connectivity index (χ0v) is 17.7. The average Bonchev–Trinajstić information content (AvgIpc) is 2.99. The first-order valence-corrected chi connectivity index (χ1v) is 11.7. The summed E-state index contributed by atoms with van der Waals surface area (Å²) in [6.45, 7) is 3.47. The minimum absolute atomic E-state index is 0.222. The van der Waals surface area contributed by atoms with Gasteiger partial charge in [0.15, 0.2) is 11.5 Å². The summed E-state index contributed by atoms with van der Waals surface area (Å²) in [5.74, 6) is 1.09. The molecule has 2 heterocycles. The molecule has 4 rings (SSSR count). The van der Waals surface area contributed by atoms with Crippen LogP contribution in [0.1, 0.15) is 31.2 Å². The number of anilines is 1. The Morgan fingerprint density at radius 1 is 0.931 bits per heavy atom. The molecule has 0 aromatic heterocycles. The number of benzene rings is 2. The molecule has 2 aromatic carbocycles. The van der Waals surface area contributed by atoms with Gasteiger partial charge in [0, 0.05) is 44.9 Å². The zero-order valence-electron chi connectivity index (χ0n) is 16.8. The molecule has 0 aliphatic carbocycles. The van der Waals surface area contributed by atoms with Gasteiger partial charge in [0.2, 0.25) is 10.0 Å². The number of para-hydroxylation sites is 1. The molecule has 29 heavy (non-hydrogen) atoms. The van der Waals surface area contributed by atoms with Gasteiger partial charge < -0.3 is 14.4 Å². The van der Waals surface area contributed by atoms with Crippen LogP contribution >= 0.6 is 0 Å². The van der Waals surface area contributed by atoms with Crippen molar-refractivity contribution in [2.45, 2.75) is 37.1 Å². The summed E-state index contributed by atoms with van der Waals surface area (Å²) in [6, 6.07) is 12.9. The lowest BCUT2D eigenvalue weighted by Gasteiger charge is -2.31. The van der Waals surface area contributed by atoms with Crippen molar-refractivity contribution in [2.24, 2.45) is 0 Å². The quantitative estimate of drug-likeness (QED) is 0.745. The molecule has 2 aliphatic rings. The maximum atomic E-state index is 13.2. The summed E-state index contributed by atoms with van der Waals surface area (Å²) in [6.07, 6.45) is 4.40. The van der Waals surface area contributed by atoms with Crippen molar-refractivity contribution in [3.63, 3.8) is 0 Å². The fourth-order valence-corrected chi connectivity index (χ4v) is 5.06. The first kappa shape index (κ1) is 20.0. The fourth-order valence-electron chi connectivity index (χ4n) is 3.90. The Kier molecular flexibility index (Phi) is 5.96. The monoisotopic (exact) mass is 416 g/mol. The van der Waals surface area contributed by atoms with Gasteiger partial charge >= 0.3 is 0 Å². The third-order valence-corrected chi connectivity index (χ3v) is 7.31. The van der Waals surface area contributed by atoms with Crippen LogP contribution in [-0.2, 0) is 16.6 Å². The van der Waals surface area contributed by atoms with E-state index in [1.54, 1.807) is 25.2 Å². The predicted octanol–water partition coefficient (Wildman–Crippen LogP) is 3.66. The van der Waals surface area contributed by atoms with Crippen LogP contribution in [0.4, 0.5) is 5.69 Å². The number of piperidine rings is 1. The van der Waals surface area contributed by atoms with Crippen molar-refractivity contribution in [3.8, 4) is 11.5 Å². The van der Waals surface area contributed by atoms with Gasteiger partial charge in [0.05, 0.1) is 18.1 Å². The Morgan fingerprint density at radius 3 is 2.45 bits per heavy atom. The molecule has 0 radical (unpaired) electrons. The van der Waals surface area contributed by atoms with Gasteiger partial charge in [-0.15, -0.1) is 0 Å². The van der Waals surface area contributed by atoms with Gasteiger partial charge in [-0.2, -0.15) is 4.31 Å². The summed E-state index contributed by atoms with van der Waals surface area (Å²) in [5.41, 5.74) is 2.16.